The number of aromatic nitrogens is 1. The van der Waals surface area contributed by atoms with Gasteiger partial charge in [-0.15, -0.1) is 23.7 Å². The number of nitrogens with two attached hydrogens (primary N) is 1. The molecule has 3 rings (SSSR count). The smallest absolute Gasteiger partial charge is 0.241 e. The molecular weight excluding hydrogens is 310 g/mol. The van der Waals surface area contributed by atoms with E-state index in [0.29, 0.717) is 13.2 Å². The van der Waals surface area contributed by atoms with Crippen LogP contribution in [0, 0.1) is 5.92 Å². The number of nitrogens with one attached hydrogen (secondary N) is 1. The summed E-state index contributed by atoms with van der Waals surface area (Å²) in [6, 6.07) is 5.22. The van der Waals surface area contributed by atoms with E-state index in [4.69, 9.17) is 10.5 Å². The largest absolute Gasteiger partial charge is 0.381 e. The molecule has 1 aliphatic rings. The van der Waals surface area contributed by atoms with E-state index < -0.39 is 6.04 Å². The zero-order valence-electron chi connectivity index (χ0n) is 11.5. The zero-order valence-corrected chi connectivity index (χ0v) is 13.1. The van der Waals surface area contributed by atoms with Crippen LogP contribution in [-0.2, 0) is 9.53 Å². The first kappa shape index (κ1) is 16.2. The van der Waals surface area contributed by atoms with Gasteiger partial charge in [0.05, 0.1) is 21.8 Å². The van der Waals surface area contributed by atoms with Gasteiger partial charge in [0.1, 0.15) is 0 Å². The van der Waals surface area contributed by atoms with Crippen LogP contribution in [0.4, 0.5) is 5.69 Å². The average molecular weight is 328 g/mol. The number of anilines is 1. The van der Waals surface area contributed by atoms with Gasteiger partial charge < -0.3 is 15.8 Å². The number of amides is 1. The first-order valence-electron chi connectivity index (χ1n) is 6.71. The van der Waals surface area contributed by atoms with E-state index in [1.807, 2.05) is 18.2 Å². The first-order chi connectivity index (χ1) is 9.74. The van der Waals surface area contributed by atoms with E-state index in [9.17, 15) is 4.79 Å². The van der Waals surface area contributed by atoms with Crippen LogP contribution in [0.1, 0.15) is 12.8 Å². The molecule has 1 fully saturated rings. The first-order valence-corrected chi connectivity index (χ1v) is 7.59. The van der Waals surface area contributed by atoms with Crippen molar-refractivity contribution < 1.29 is 9.53 Å². The maximum absolute atomic E-state index is 12.2. The van der Waals surface area contributed by atoms with E-state index in [2.05, 4.69) is 10.3 Å². The number of hydrogen-bond donors (Lipinski definition) is 2. The Kier molecular flexibility index (Phi) is 5.52. The Labute approximate surface area is 133 Å². The molecule has 0 radical (unpaired) electrons. The molecule has 2 aromatic rings. The Balaban J connectivity index is 0.00000161. The third-order valence-corrected chi connectivity index (χ3v) is 4.47. The second-order valence-electron chi connectivity index (χ2n) is 5.00. The highest BCUT2D eigenvalue weighted by Crippen LogP contribution is 2.23. The van der Waals surface area contributed by atoms with Crippen molar-refractivity contribution >= 4 is 45.6 Å². The summed E-state index contributed by atoms with van der Waals surface area (Å²) in [6.07, 6.45) is 1.70. The Bertz CT molecular complexity index is 613. The van der Waals surface area contributed by atoms with Gasteiger partial charge in [0, 0.05) is 18.9 Å². The maximum atomic E-state index is 12.2. The number of ether oxygens (including phenoxy) is 1. The van der Waals surface area contributed by atoms with E-state index in [0.717, 1.165) is 28.7 Å². The van der Waals surface area contributed by atoms with Crippen LogP contribution in [0.2, 0.25) is 0 Å². The summed E-state index contributed by atoms with van der Waals surface area (Å²) >= 11 is 1.55. The maximum Gasteiger partial charge on any atom is 0.241 e. The molecule has 1 aliphatic heterocycles. The molecule has 21 heavy (non-hydrogen) atoms. The van der Waals surface area contributed by atoms with E-state index >= 15 is 0 Å². The van der Waals surface area contributed by atoms with Gasteiger partial charge in [-0.2, -0.15) is 0 Å². The third-order valence-electron chi connectivity index (χ3n) is 3.68. The summed E-state index contributed by atoms with van der Waals surface area (Å²) in [5, 5.41) is 2.90. The fourth-order valence-electron chi connectivity index (χ4n) is 2.45. The average Bonchev–Trinajstić information content (AvgIpc) is 2.95. The lowest BCUT2D eigenvalue weighted by Crippen LogP contribution is -2.43. The summed E-state index contributed by atoms with van der Waals surface area (Å²) in [5.74, 6) is 0.0802. The number of rotatable bonds is 3. The van der Waals surface area contributed by atoms with Crippen molar-refractivity contribution in [3.05, 3.63) is 23.7 Å². The van der Waals surface area contributed by atoms with Crippen molar-refractivity contribution in [1.29, 1.82) is 0 Å². The van der Waals surface area contributed by atoms with E-state index in [-0.39, 0.29) is 24.2 Å². The number of hydrogen-bond acceptors (Lipinski definition) is 5. The molecule has 0 saturated carbocycles. The van der Waals surface area contributed by atoms with E-state index in [1.165, 1.54) is 0 Å². The van der Waals surface area contributed by atoms with Gasteiger partial charge in [0.2, 0.25) is 5.91 Å². The van der Waals surface area contributed by atoms with Gasteiger partial charge in [-0.1, -0.05) is 0 Å². The molecule has 3 N–H and O–H groups in total. The topological polar surface area (TPSA) is 77.2 Å². The molecule has 7 heteroatoms. The van der Waals surface area contributed by atoms with Crippen molar-refractivity contribution in [1.82, 2.24) is 4.98 Å². The predicted octanol–water partition coefficient (Wildman–Crippen LogP) is 2.41. The molecule has 0 bridgehead atoms. The van der Waals surface area contributed by atoms with Crippen molar-refractivity contribution in [3.63, 3.8) is 0 Å². The molecule has 1 amide bonds. The van der Waals surface area contributed by atoms with Gasteiger partial charge in [-0.3, -0.25) is 4.79 Å². The van der Waals surface area contributed by atoms with Crippen molar-refractivity contribution in [2.75, 3.05) is 18.5 Å². The fraction of sp³-hybridized carbons (Fsp3) is 0.429. The molecule has 0 aliphatic carbocycles. The number of benzene rings is 1. The monoisotopic (exact) mass is 327 g/mol. The summed E-state index contributed by atoms with van der Waals surface area (Å²) in [7, 11) is 0. The van der Waals surface area contributed by atoms with Crippen LogP contribution in [0.25, 0.3) is 10.2 Å². The minimum Gasteiger partial charge on any atom is -0.381 e. The fourth-order valence-corrected chi connectivity index (χ4v) is 3.16. The lowest BCUT2D eigenvalue weighted by molar-refractivity contribution is -0.119. The molecule has 114 valence electrons. The molecular formula is C14H18ClN3O2S. The summed E-state index contributed by atoms with van der Waals surface area (Å²) < 4.78 is 6.35. The van der Waals surface area contributed by atoms with Gasteiger partial charge in [-0.05, 0) is 37.0 Å². The van der Waals surface area contributed by atoms with Crippen molar-refractivity contribution in [2.45, 2.75) is 18.9 Å². The minimum absolute atomic E-state index is 0. The number of carbonyl (C=O) groups is 1. The third kappa shape index (κ3) is 3.71. The second-order valence-corrected chi connectivity index (χ2v) is 5.89. The highest BCUT2D eigenvalue weighted by molar-refractivity contribution is 7.16. The quantitative estimate of drug-likeness (QED) is 0.907. The molecule has 1 atom stereocenters. The number of carbonyl (C=O) groups excluding carboxylic acids is 1. The Hall–Kier alpha value is -1.21. The highest BCUT2D eigenvalue weighted by Gasteiger charge is 2.26. The van der Waals surface area contributed by atoms with Crippen LogP contribution in [-0.4, -0.2) is 30.1 Å². The molecule has 1 aromatic heterocycles. The molecule has 1 aromatic carbocycles. The predicted molar refractivity (Wildman–Crippen MR) is 87.0 cm³/mol. The zero-order chi connectivity index (χ0) is 13.9. The number of fused-ring (bicyclic) bond motifs is 1. The number of halogens is 1. The van der Waals surface area contributed by atoms with Crippen molar-refractivity contribution in [3.8, 4) is 0 Å². The second kappa shape index (κ2) is 7.17. The highest BCUT2D eigenvalue weighted by atomic mass is 35.5. The Morgan fingerprint density at radius 1 is 1.43 bits per heavy atom. The van der Waals surface area contributed by atoms with Crippen LogP contribution in [0.5, 0.6) is 0 Å². The Morgan fingerprint density at radius 3 is 2.95 bits per heavy atom. The summed E-state index contributed by atoms with van der Waals surface area (Å²) in [6.45, 7) is 1.39. The summed E-state index contributed by atoms with van der Waals surface area (Å²) in [5.41, 5.74) is 9.57. The van der Waals surface area contributed by atoms with Gasteiger partial charge in [0.15, 0.2) is 0 Å². The van der Waals surface area contributed by atoms with Gasteiger partial charge >= 0.3 is 0 Å². The SMILES string of the molecule is Cl.NC(C(=O)Nc1ccc2ncsc2c1)C1CCOCC1. The molecule has 5 nitrogen and oxygen atoms in total. The van der Waals surface area contributed by atoms with Gasteiger partial charge in [-0.25, -0.2) is 4.98 Å². The Morgan fingerprint density at radius 2 is 2.19 bits per heavy atom. The van der Waals surface area contributed by atoms with Crippen LogP contribution >= 0.6 is 23.7 Å². The van der Waals surface area contributed by atoms with Crippen LogP contribution < -0.4 is 11.1 Å². The lowest BCUT2D eigenvalue weighted by atomic mass is 9.92. The molecule has 1 saturated heterocycles. The minimum atomic E-state index is -0.476. The van der Waals surface area contributed by atoms with Gasteiger partial charge in [0.25, 0.3) is 0 Å². The van der Waals surface area contributed by atoms with E-state index in [1.54, 1.807) is 16.8 Å². The van der Waals surface area contributed by atoms with Crippen LogP contribution in [0.15, 0.2) is 23.7 Å². The molecule has 2 heterocycles. The number of nitrogens with zero attached hydrogens (tertiary/aromatic N) is 1. The summed E-state index contributed by atoms with van der Waals surface area (Å²) in [4.78, 5) is 16.4. The lowest BCUT2D eigenvalue weighted by Gasteiger charge is -2.26. The standard InChI is InChI=1S/C14H17N3O2S.ClH/c15-13(9-3-5-19-6-4-9)14(18)17-10-1-2-11-12(7-10)20-8-16-11;/h1-2,7-9,13H,3-6,15H2,(H,17,18);1H. The number of thiazole rings is 1. The normalized spacial score (nSPS) is 17.2. The molecule has 0 spiro atoms. The van der Waals surface area contributed by atoms with Crippen molar-refractivity contribution in [2.24, 2.45) is 11.7 Å². The molecule has 1 unspecified atom stereocenters. The van der Waals surface area contributed by atoms with Crippen LogP contribution in [0.3, 0.4) is 0 Å².